The highest BCUT2D eigenvalue weighted by molar-refractivity contribution is 5.75. The Bertz CT molecular complexity index is 471. The molecule has 0 unspecified atom stereocenters. The lowest BCUT2D eigenvalue weighted by Crippen LogP contribution is -2.06. The summed E-state index contributed by atoms with van der Waals surface area (Å²) in [4.78, 5) is 13.6. The van der Waals surface area contributed by atoms with Crippen LogP contribution in [-0.2, 0) is 18.3 Å². The Balaban J connectivity index is 2.44. The van der Waals surface area contributed by atoms with E-state index in [1.165, 1.54) is 0 Å². The van der Waals surface area contributed by atoms with Crippen LogP contribution in [0, 0.1) is 0 Å². The molecule has 0 saturated carbocycles. The van der Waals surface area contributed by atoms with Crippen molar-refractivity contribution in [3.05, 3.63) is 30.4 Å². The number of carboxylic acid groups (broad SMARTS) is 1. The van der Waals surface area contributed by atoms with Gasteiger partial charge in [0.1, 0.15) is 0 Å². The standard InChI is InChI=1S/C10H11N3O2/c1-13-9(4-10(14)15)8(6-12-13)7-2-3-11-5-7/h2-3,5-6,11H,4H2,1H3,(H,14,15). The van der Waals surface area contributed by atoms with Crippen molar-refractivity contribution in [2.24, 2.45) is 7.05 Å². The molecule has 2 N–H and O–H groups in total. The molecule has 0 aliphatic rings. The fourth-order valence-corrected chi connectivity index (χ4v) is 1.55. The van der Waals surface area contributed by atoms with Crippen LogP contribution in [0.1, 0.15) is 5.69 Å². The highest BCUT2D eigenvalue weighted by atomic mass is 16.4. The molecule has 0 amide bonds. The third kappa shape index (κ3) is 1.76. The second kappa shape index (κ2) is 3.61. The number of carbonyl (C=O) groups is 1. The molecule has 0 aliphatic carbocycles. The van der Waals surface area contributed by atoms with Crippen LogP contribution in [0.25, 0.3) is 11.1 Å². The van der Waals surface area contributed by atoms with E-state index >= 15 is 0 Å². The maximum atomic E-state index is 10.7. The SMILES string of the molecule is Cn1ncc(-c2cc[nH]c2)c1CC(=O)O. The quantitative estimate of drug-likeness (QED) is 0.786. The molecule has 0 atom stereocenters. The molecule has 0 bridgehead atoms. The van der Waals surface area contributed by atoms with Crippen LogP contribution in [0.15, 0.2) is 24.7 Å². The number of H-pyrrole nitrogens is 1. The highest BCUT2D eigenvalue weighted by Gasteiger charge is 2.13. The van der Waals surface area contributed by atoms with E-state index in [0.29, 0.717) is 5.69 Å². The molecule has 2 aromatic heterocycles. The lowest BCUT2D eigenvalue weighted by Gasteiger charge is -2.01. The van der Waals surface area contributed by atoms with Crippen LogP contribution in [0.5, 0.6) is 0 Å². The van der Waals surface area contributed by atoms with Crippen molar-refractivity contribution in [2.75, 3.05) is 0 Å². The summed E-state index contributed by atoms with van der Waals surface area (Å²) >= 11 is 0. The summed E-state index contributed by atoms with van der Waals surface area (Å²) in [7, 11) is 1.74. The van der Waals surface area contributed by atoms with Gasteiger partial charge in [-0.1, -0.05) is 0 Å². The van der Waals surface area contributed by atoms with Gasteiger partial charge in [0.2, 0.25) is 0 Å². The smallest absolute Gasteiger partial charge is 0.309 e. The summed E-state index contributed by atoms with van der Waals surface area (Å²) in [6.45, 7) is 0. The first-order valence-corrected chi connectivity index (χ1v) is 4.54. The molecule has 0 fully saturated rings. The molecule has 0 saturated heterocycles. The van der Waals surface area contributed by atoms with E-state index in [-0.39, 0.29) is 6.42 Å². The van der Waals surface area contributed by atoms with Gasteiger partial charge in [0.05, 0.1) is 18.3 Å². The predicted molar refractivity (Wildman–Crippen MR) is 54.3 cm³/mol. The molecule has 78 valence electrons. The van der Waals surface area contributed by atoms with Gasteiger partial charge >= 0.3 is 5.97 Å². The topological polar surface area (TPSA) is 70.9 Å². The monoisotopic (exact) mass is 205 g/mol. The second-order valence-corrected chi connectivity index (χ2v) is 3.30. The minimum Gasteiger partial charge on any atom is -0.481 e. The minimum atomic E-state index is -0.851. The van der Waals surface area contributed by atoms with Gasteiger partial charge < -0.3 is 10.1 Å². The number of nitrogens with one attached hydrogen (secondary N) is 1. The number of nitrogens with zero attached hydrogens (tertiary/aromatic N) is 2. The summed E-state index contributed by atoms with van der Waals surface area (Å²) in [5.74, 6) is -0.851. The van der Waals surface area contributed by atoms with E-state index in [9.17, 15) is 4.79 Å². The third-order valence-electron chi connectivity index (χ3n) is 2.29. The second-order valence-electron chi connectivity index (χ2n) is 3.30. The highest BCUT2D eigenvalue weighted by Crippen LogP contribution is 2.22. The lowest BCUT2D eigenvalue weighted by molar-refractivity contribution is -0.136. The largest absolute Gasteiger partial charge is 0.481 e. The van der Waals surface area contributed by atoms with Crippen LogP contribution >= 0.6 is 0 Å². The van der Waals surface area contributed by atoms with Crippen molar-refractivity contribution in [3.8, 4) is 11.1 Å². The predicted octanol–water partition coefficient (Wildman–Crippen LogP) is 1.04. The number of aromatic amines is 1. The van der Waals surface area contributed by atoms with Gasteiger partial charge in [-0.2, -0.15) is 5.10 Å². The van der Waals surface area contributed by atoms with Gasteiger partial charge in [0.25, 0.3) is 0 Å². The average molecular weight is 205 g/mol. The van der Waals surface area contributed by atoms with Crippen LogP contribution in [0.2, 0.25) is 0 Å². The molecule has 5 heteroatoms. The molecule has 2 rings (SSSR count). The van der Waals surface area contributed by atoms with Crippen LogP contribution < -0.4 is 0 Å². The number of hydrogen-bond donors (Lipinski definition) is 2. The zero-order chi connectivity index (χ0) is 10.8. The molecular formula is C10H11N3O2. The maximum absolute atomic E-state index is 10.7. The molecular weight excluding hydrogens is 194 g/mol. The van der Waals surface area contributed by atoms with Gasteiger partial charge in [-0.3, -0.25) is 9.48 Å². The van der Waals surface area contributed by atoms with Crippen molar-refractivity contribution in [1.82, 2.24) is 14.8 Å². The average Bonchev–Trinajstić information content (AvgIpc) is 2.76. The molecule has 0 aliphatic heterocycles. The van der Waals surface area contributed by atoms with Crippen molar-refractivity contribution >= 4 is 5.97 Å². The summed E-state index contributed by atoms with van der Waals surface area (Å²) < 4.78 is 1.59. The first-order chi connectivity index (χ1) is 7.18. The van der Waals surface area contributed by atoms with Crippen molar-refractivity contribution in [1.29, 1.82) is 0 Å². The number of aliphatic carboxylic acids is 1. The van der Waals surface area contributed by atoms with E-state index in [4.69, 9.17) is 5.11 Å². The third-order valence-corrected chi connectivity index (χ3v) is 2.29. The Hall–Kier alpha value is -2.04. The first-order valence-electron chi connectivity index (χ1n) is 4.54. The summed E-state index contributed by atoms with van der Waals surface area (Å²) in [6.07, 6.45) is 5.29. The van der Waals surface area contributed by atoms with Crippen molar-refractivity contribution in [3.63, 3.8) is 0 Å². The molecule has 2 aromatic rings. The number of hydrogen-bond acceptors (Lipinski definition) is 2. The Kier molecular flexibility index (Phi) is 2.29. The van der Waals surface area contributed by atoms with Crippen LogP contribution in [0.3, 0.4) is 0 Å². The number of aryl methyl sites for hydroxylation is 1. The van der Waals surface area contributed by atoms with E-state index < -0.39 is 5.97 Å². The molecule has 0 radical (unpaired) electrons. The van der Waals surface area contributed by atoms with Gasteiger partial charge in [-0.15, -0.1) is 0 Å². The first kappa shape index (κ1) is 9.51. The van der Waals surface area contributed by atoms with Gasteiger partial charge in [0, 0.05) is 30.6 Å². The van der Waals surface area contributed by atoms with Crippen LogP contribution in [0.4, 0.5) is 0 Å². The summed E-state index contributed by atoms with van der Waals surface area (Å²) in [5, 5.41) is 12.8. The fourth-order valence-electron chi connectivity index (χ4n) is 1.55. The lowest BCUT2D eigenvalue weighted by atomic mass is 10.1. The Morgan fingerprint density at radius 3 is 3.07 bits per heavy atom. The molecule has 0 spiro atoms. The molecule has 2 heterocycles. The van der Waals surface area contributed by atoms with Crippen molar-refractivity contribution < 1.29 is 9.90 Å². The van der Waals surface area contributed by atoms with E-state index in [2.05, 4.69) is 10.1 Å². The molecule has 0 aromatic carbocycles. The van der Waals surface area contributed by atoms with Gasteiger partial charge in [-0.25, -0.2) is 0 Å². The van der Waals surface area contributed by atoms with Gasteiger partial charge in [-0.05, 0) is 6.07 Å². The molecule has 5 nitrogen and oxygen atoms in total. The Labute approximate surface area is 86.4 Å². The zero-order valence-electron chi connectivity index (χ0n) is 8.27. The number of carboxylic acids is 1. The summed E-state index contributed by atoms with van der Waals surface area (Å²) in [6, 6.07) is 1.89. The van der Waals surface area contributed by atoms with Crippen LogP contribution in [-0.4, -0.2) is 25.8 Å². The van der Waals surface area contributed by atoms with E-state index in [1.807, 2.05) is 12.3 Å². The number of rotatable bonds is 3. The van der Waals surface area contributed by atoms with E-state index in [1.54, 1.807) is 24.1 Å². The number of aromatic nitrogens is 3. The van der Waals surface area contributed by atoms with Crippen molar-refractivity contribution in [2.45, 2.75) is 6.42 Å². The normalized spacial score (nSPS) is 10.5. The minimum absolute atomic E-state index is 0.0169. The summed E-state index contributed by atoms with van der Waals surface area (Å²) in [5.41, 5.74) is 2.53. The van der Waals surface area contributed by atoms with E-state index in [0.717, 1.165) is 11.1 Å². The zero-order valence-corrected chi connectivity index (χ0v) is 8.27. The Morgan fingerprint density at radius 1 is 1.67 bits per heavy atom. The maximum Gasteiger partial charge on any atom is 0.309 e. The Morgan fingerprint density at radius 2 is 2.47 bits per heavy atom. The fraction of sp³-hybridized carbons (Fsp3) is 0.200. The van der Waals surface area contributed by atoms with Gasteiger partial charge in [0.15, 0.2) is 0 Å². The molecule has 15 heavy (non-hydrogen) atoms.